The van der Waals surface area contributed by atoms with Crippen molar-refractivity contribution in [3.05, 3.63) is 46.6 Å². The number of phenols is 2. The van der Waals surface area contributed by atoms with E-state index in [0.29, 0.717) is 5.75 Å². The lowest BCUT2D eigenvalue weighted by molar-refractivity contribution is -0.362. The summed E-state index contributed by atoms with van der Waals surface area (Å²) in [5.74, 6) is -1.65. The second kappa shape index (κ2) is 16.2. The molecular weight excluding hydrogens is 728 g/mol. The summed E-state index contributed by atoms with van der Waals surface area (Å²) in [4.78, 5) is 14.1. The van der Waals surface area contributed by atoms with E-state index in [-0.39, 0.29) is 16.9 Å². The van der Waals surface area contributed by atoms with Gasteiger partial charge in [0.15, 0.2) is 24.4 Å². The van der Waals surface area contributed by atoms with Gasteiger partial charge in [-0.2, -0.15) is 0 Å². The first-order valence-electron chi connectivity index (χ1n) is 16.8. The van der Waals surface area contributed by atoms with Gasteiger partial charge in [-0.15, -0.1) is 0 Å². The first kappa shape index (κ1) is 40.0. The minimum atomic E-state index is -2.05. The molecule has 15 atom stereocenters. The summed E-state index contributed by atoms with van der Waals surface area (Å²) < 4.78 is 45.5. The monoisotopic (exact) mass is 770 g/mol. The Kier molecular flexibility index (Phi) is 12.0. The second-order valence-corrected chi connectivity index (χ2v) is 13.1. The van der Waals surface area contributed by atoms with Gasteiger partial charge in [-0.25, -0.2) is 0 Å². The van der Waals surface area contributed by atoms with Gasteiger partial charge in [0.05, 0.1) is 26.4 Å². The number of hydrogen-bond donors (Lipinski definition) is 11. The molecule has 0 spiro atoms. The van der Waals surface area contributed by atoms with E-state index in [1.165, 1.54) is 38.3 Å². The Balaban J connectivity index is 1.39. The fourth-order valence-corrected chi connectivity index (χ4v) is 6.38. The van der Waals surface area contributed by atoms with Crippen molar-refractivity contribution in [3.8, 4) is 34.3 Å². The predicted octanol–water partition coefficient (Wildman–Crippen LogP) is -3.27. The van der Waals surface area contributed by atoms with Crippen molar-refractivity contribution in [2.75, 3.05) is 20.3 Å². The number of fused-ring (bicyclic) bond motifs is 1. The topological polar surface area (TPSA) is 317 Å². The average Bonchev–Trinajstić information content (AvgIpc) is 3.15. The van der Waals surface area contributed by atoms with Gasteiger partial charge in [0.1, 0.15) is 89.3 Å². The Labute approximate surface area is 305 Å². The molecule has 3 saturated heterocycles. The van der Waals surface area contributed by atoms with E-state index in [9.17, 15) is 61.0 Å². The molecule has 4 heterocycles. The van der Waals surface area contributed by atoms with E-state index in [1.807, 2.05) is 0 Å². The Morgan fingerprint density at radius 3 is 2.02 bits per heavy atom. The van der Waals surface area contributed by atoms with Gasteiger partial charge >= 0.3 is 0 Å². The minimum Gasteiger partial charge on any atom is -0.508 e. The summed E-state index contributed by atoms with van der Waals surface area (Å²) in [7, 11) is 1.42. The van der Waals surface area contributed by atoms with Gasteiger partial charge < -0.3 is 93.7 Å². The molecule has 3 fully saturated rings. The van der Waals surface area contributed by atoms with Gasteiger partial charge in [-0.1, -0.05) is 0 Å². The summed E-state index contributed by atoms with van der Waals surface area (Å²) in [6.45, 7) is -0.108. The van der Waals surface area contributed by atoms with E-state index >= 15 is 0 Å². The maximum Gasteiger partial charge on any atom is 0.239 e. The number of hydrogen-bond acceptors (Lipinski definition) is 20. The minimum absolute atomic E-state index is 0.202. The Bertz CT molecular complexity index is 1800. The van der Waals surface area contributed by atoms with Crippen LogP contribution in [0, 0.1) is 0 Å². The molecule has 0 amide bonds. The van der Waals surface area contributed by atoms with Crippen LogP contribution in [0.25, 0.3) is 22.3 Å². The molecule has 11 N–H and O–H groups in total. The fraction of sp³-hybridized carbons (Fsp3) is 0.559. The summed E-state index contributed by atoms with van der Waals surface area (Å²) in [5.41, 5.74) is -1.07. The summed E-state index contributed by atoms with van der Waals surface area (Å²) >= 11 is 0. The molecule has 54 heavy (non-hydrogen) atoms. The number of methoxy groups -OCH3 is 1. The number of aromatic hydroxyl groups is 2. The molecule has 20 heteroatoms. The fourth-order valence-electron chi connectivity index (χ4n) is 6.38. The van der Waals surface area contributed by atoms with E-state index in [2.05, 4.69) is 0 Å². The van der Waals surface area contributed by atoms with Crippen LogP contribution in [-0.2, 0) is 23.7 Å². The van der Waals surface area contributed by atoms with Crippen LogP contribution < -0.4 is 14.9 Å². The number of aliphatic hydroxyl groups excluding tert-OH is 9. The van der Waals surface area contributed by atoms with Crippen LogP contribution in [0.15, 0.2) is 45.6 Å². The van der Waals surface area contributed by atoms with Gasteiger partial charge in [-0.3, -0.25) is 4.79 Å². The highest BCUT2D eigenvalue weighted by Crippen LogP contribution is 2.39. The number of rotatable bonds is 10. The molecular formula is C34H42O20. The van der Waals surface area contributed by atoms with E-state index in [1.54, 1.807) is 0 Å². The quantitative estimate of drug-likeness (QED) is 0.0964. The number of ether oxygens (including phenoxy) is 7. The van der Waals surface area contributed by atoms with Crippen LogP contribution in [0.1, 0.15) is 6.92 Å². The molecule has 20 nitrogen and oxygen atoms in total. The maximum absolute atomic E-state index is 14.1. The number of benzene rings is 2. The van der Waals surface area contributed by atoms with Gasteiger partial charge in [0.2, 0.25) is 17.5 Å². The maximum atomic E-state index is 14.1. The standard InChI is InChI=1S/C34H42O20/c1-11-20(38)24(42)27(45)32(49-11)48-10-18-22(40)26(44)31(54-33-28(46)25(43)21(39)17(9-35)51-33)34(52-18)53-30-23(41)19-15(37)7-13(36)8-16(19)50-29(30)12-3-5-14(47-2)6-4-12/h3-8,11,17-18,20-22,24-28,31-40,42-46H,9-10H2,1-2H3/t11-,17-,18+,20-,21-,22-,24+,25-,26-,27-,28+,31+,32+,33-,34-/m0/s1. The van der Waals surface area contributed by atoms with Crippen molar-refractivity contribution in [1.82, 2.24) is 0 Å². The van der Waals surface area contributed by atoms with Crippen molar-refractivity contribution in [3.63, 3.8) is 0 Å². The van der Waals surface area contributed by atoms with Crippen LogP contribution >= 0.6 is 0 Å². The van der Waals surface area contributed by atoms with E-state index in [0.717, 1.165) is 12.1 Å². The largest absolute Gasteiger partial charge is 0.508 e. The van der Waals surface area contributed by atoms with Crippen LogP contribution in [0.4, 0.5) is 0 Å². The predicted molar refractivity (Wildman–Crippen MR) is 176 cm³/mol. The average molecular weight is 771 g/mol. The highest BCUT2D eigenvalue weighted by atomic mass is 16.8. The van der Waals surface area contributed by atoms with Gasteiger partial charge in [0.25, 0.3) is 0 Å². The third-order valence-corrected chi connectivity index (χ3v) is 9.52. The van der Waals surface area contributed by atoms with E-state index in [4.69, 9.17) is 37.6 Å². The molecule has 0 unspecified atom stereocenters. The summed E-state index contributed by atoms with van der Waals surface area (Å²) in [5, 5.41) is 115. The van der Waals surface area contributed by atoms with Crippen molar-refractivity contribution in [1.29, 1.82) is 0 Å². The SMILES string of the molecule is COc1ccc(-c2oc3cc(O)cc(O)c3c(=O)c2O[C@@H]2O[C@H](CO[C@@H]3O[C@@H](C)[C@H](O)[C@@H](O)[C@@H]3O)[C@H](O)[C@H](O)[C@H]2O[C@@H]2O[C@@H](CO)[C@H](O)[C@H](O)[C@H]2O)cc1. The zero-order chi connectivity index (χ0) is 39.2. The van der Waals surface area contributed by atoms with Crippen LogP contribution in [0.3, 0.4) is 0 Å². The zero-order valence-corrected chi connectivity index (χ0v) is 28.6. The molecule has 3 aliphatic heterocycles. The number of phenolic OH excluding ortho intramolecular Hbond substituents is 2. The molecule has 3 aliphatic rings. The molecule has 0 bridgehead atoms. The lowest BCUT2D eigenvalue weighted by Gasteiger charge is -2.46. The van der Waals surface area contributed by atoms with Gasteiger partial charge in [0, 0.05) is 17.7 Å². The smallest absolute Gasteiger partial charge is 0.239 e. The highest BCUT2D eigenvalue weighted by Gasteiger charge is 2.52. The lowest BCUT2D eigenvalue weighted by Crippen LogP contribution is -2.65. The van der Waals surface area contributed by atoms with Crippen LogP contribution in [0.5, 0.6) is 23.0 Å². The van der Waals surface area contributed by atoms with E-state index < -0.39 is 133 Å². The van der Waals surface area contributed by atoms with Crippen molar-refractivity contribution in [2.24, 2.45) is 0 Å². The van der Waals surface area contributed by atoms with Crippen molar-refractivity contribution < 1.29 is 93.7 Å². The summed E-state index contributed by atoms with van der Waals surface area (Å²) in [6, 6.07) is 7.97. The third-order valence-electron chi connectivity index (χ3n) is 9.52. The molecule has 2 aromatic carbocycles. The lowest BCUT2D eigenvalue weighted by atomic mass is 9.97. The first-order chi connectivity index (χ1) is 25.6. The molecule has 0 aliphatic carbocycles. The highest BCUT2D eigenvalue weighted by molar-refractivity contribution is 5.88. The van der Waals surface area contributed by atoms with Crippen LogP contribution in [-0.4, -0.2) is 169 Å². The summed E-state index contributed by atoms with van der Waals surface area (Å²) in [6.07, 6.45) is -25.9. The molecule has 1 aromatic heterocycles. The molecule has 0 radical (unpaired) electrons. The molecule has 298 valence electrons. The zero-order valence-electron chi connectivity index (χ0n) is 28.6. The number of aliphatic hydroxyl groups is 9. The molecule has 6 rings (SSSR count). The van der Waals surface area contributed by atoms with Gasteiger partial charge in [-0.05, 0) is 31.2 Å². The Morgan fingerprint density at radius 2 is 1.35 bits per heavy atom. The third kappa shape index (κ3) is 7.59. The molecule has 0 saturated carbocycles. The molecule has 3 aromatic rings. The normalized spacial score (nSPS) is 37.3. The second-order valence-electron chi connectivity index (χ2n) is 13.1. The Hall–Kier alpha value is -3.71. The van der Waals surface area contributed by atoms with Crippen LogP contribution in [0.2, 0.25) is 0 Å². The van der Waals surface area contributed by atoms with Crippen molar-refractivity contribution in [2.45, 2.75) is 99.0 Å². The van der Waals surface area contributed by atoms with Crippen molar-refractivity contribution >= 4 is 11.0 Å². The first-order valence-corrected chi connectivity index (χ1v) is 16.8. The Morgan fingerprint density at radius 1 is 0.722 bits per heavy atom.